The molecule has 2 aromatic carbocycles. The van der Waals surface area contributed by atoms with E-state index >= 15 is 0 Å². The molecule has 0 unspecified atom stereocenters. The number of hydrogen-bond acceptors (Lipinski definition) is 4. The minimum absolute atomic E-state index is 0.0121. The number of carbonyl (C=O) groups excluding carboxylic acids is 1. The van der Waals surface area contributed by atoms with E-state index in [0.29, 0.717) is 30.3 Å². The second-order valence-electron chi connectivity index (χ2n) is 6.47. The Hall–Kier alpha value is -3.14. The number of ether oxygens (including phenoxy) is 2. The van der Waals surface area contributed by atoms with Gasteiger partial charge < -0.3 is 9.47 Å². The molecule has 0 N–H and O–H groups in total. The lowest BCUT2D eigenvalue weighted by atomic mass is 10.1. The Balaban J connectivity index is 2.07. The van der Waals surface area contributed by atoms with Gasteiger partial charge in [-0.05, 0) is 44.5 Å². The third-order valence-electron chi connectivity index (χ3n) is 4.39. The molecule has 0 saturated carbocycles. The first kappa shape index (κ1) is 23.5. The van der Waals surface area contributed by atoms with Crippen LogP contribution in [-0.4, -0.2) is 24.8 Å². The van der Waals surface area contributed by atoms with E-state index in [0.717, 1.165) is 0 Å². The second kappa shape index (κ2) is 9.15. The van der Waals surface area contributed by atoms with Crippen molar-refractivity contribution in [2.75, 3.05) is 18.2 Å². The van der Waals surface area contributed by atoms with Crippen LogP contribution in [0, 0.1) is 29.1 Å². The fourth-order valence-corrected chi connectivity index (χ4v) is 3.27. The summed E-state index contributed by atoms with van der Waals surface area (Å²) in [5, 5.41) is 4.00. The molecule has 1 amide bonds. The van der Waals surface area contributed by atoms with Crippen LogP contribution in [0.15, 0.2) is 22.8 Å². The number of nitrogens with zero attached hydrogens (tertiary/aromatic N) is 2. The van der Waals surface area contributed by atoms with Gasteiger partial charge in [-0.15, -0.1) is 0 Å². The van der Waals surface area contributed by atoms with Crippen molar-refractivity contribution in [3.63, 3.8) is 0 Å². The molecule has 1 aliphatic rings. The summed E-state index contributed by atoms with van der Waals surface area (Å²) in [6.45, 7) is 5.46. The number of carbonyl (C=O) groups is 1. The van der Waals surface area contributed by atoms with Gasteiger partial charge in [0.1, 0.15) is 5.69 Å². The normalized spacial score (nSPS) is 14.9. The summed E-state index contributed by atoms with van der Waals surface area (Å²) in [4.78, 5) is 12.8. The lowest BCUT2D eigenvalue weighted by Crippen LogP contribution is -2.25. The van der Waals surface area contributed by atoms with Crippen LogP contribution in [0.4, 0.5) is 27.6 Å². The van der Waals surface area contributed by atoms with Crippen LogP contribution in [-0.2, 0) is 4.79 Å². The van der Waals surface area contributed by atoms with Crippen molar-refractivity contribution in [2.45, 2.75) is 20.8 Å². The maximum atomic E-state index is 14.2. The molecule has 0 radical (unpaired) electrons. The number of benzene rings is 2. The summed E-state index contributed by atoms with van der Waals surface area (Å²) in [5.74, 6) is -11.5. The minimum atomic E-state index is -2.33. The predicted molar refractivity (Wildman–Crippen MR) is 109 cm³/mol. The summed E-state index contributed by atoms with van der Waals surface area (Å²) in [5.41, 5.74) is -1.26. The quantitative estimate of drug-likeness (QED) is 0.236. The molecule has 0 aromatic heterocycles. The zero-order valence-electron chi connectivity index (χ0n) is 17.0. The maximum Gasteiger partial charge on any atom is 0.280 e. The van der Waals surface area contributed by atoms with E-state index in [-0.39, 0.29) is 21.3 Å². The molecule has 1 heterocycles. The van der Waals surface area contributed by atoms with E-state index in [4.69, 9.17) is 21.1 Å². The first-order chi connectivity index (χ1) is 15.1. The van der Waals surface area contributed by atoms with Gasteiger partial charge in [-0.3, -0.25) is 4.79 Å². The fraction of sp³-hybridized carbons (Fsp3) is 0.238. The van der Waals surface area contributed by atoms with Crippen molar-refractivity contribution in [3.05, 3.63) is 57.4 Å². The number of halogens is 6. The largest absolute Gasteiger partial charge is 0.490 e. The average molecular weight is 475 g/mol. The topological polar surface area (TPSA) is 51.1 Å². The van der Waals surface area contributed by atoms with Crippen LogP contribution in [0.5, 0.6) is 11.5 Å². The maximum absolute atomic E-state index is 14.2. The molecule has 11 heteroatoms. The average Bonchev–Trinajstić information content (AvgIpc) is 3.02. The Bertz CT molecular complexity index is 1140. The van der Waals surface area contributed by atoms with Crippen molar-refractivity contribution >= 4 is 35.0 Å². The van der Waals surface area contributed by atoms with E-state index in [9.17, 15) is 26.7 Å². The molecule has 170 valence electrons. The highest BCUT2D eigenvalue weighted by atomic mass is 35.5. The summed E-state index contributed by atoms with van der Waals surface area (Å²) < 4.78 is 79.8. The standard InChI is InChI=1S/C21H16ClF5N2O3/c1-4-31-13-8-10(7-12(22)20(13)32-5-2)6-11-9(3)28-29(21(11)30)19-17(26)15(24)14(23)16(25)18(19)27/h6-8H,4-5H2,1-3H3/b11-6+. The van der Waals surface area contributed by atoms with Gasteiger partial charge in [0, 0.05) is 0 Å². The monoisotopic (exact) mass is 474 g/mol. The van der Waals surface area contributed by atoms with Gasteiger partial charge in [0.15, 0.2) is 34.8 Å². The van der Waals surface area contributed by atoms with Gasteiger partial charge in [0.25, 0.3) is 5.91 Å². The highest BCUT2D eigenvalue weighted by Gasteiger charge is 2.37. The number of anilines is 1. The van der Waals surface area contributed by atoms with Crippen molar-refractivity contribution < 1.29 is 36.2 Å². The van der Waals surface area contributed by atoms with Gasteiger partial charge >= 0.3 is 0 Å². The van der Waals surface area contributed by atoms with Gasteiger partial charge in [-0.25, -0.2) is 22.0 Å². The van der Waals surface area contributed by atoms with Crippen LogP contribution < -0.4 is 14.5 Å². The number of hydrogen-bond donors (Lipinski definition) is 0. The smallest absolute Gasteiger partial charge is 0.280 e. The number of hydrazone groups is 1. The molecule has 1 aliphatic heterocycles. The fourth-order valence-electron chi connectivity index (χ4n) is 3.00. The third kappa shape index (κ3) is 4.02. The molecule has 32 heavy (non-hydrogen) atoms. The Morgan fingerprint density at radius 1 is 0.969 bits per heavy atom. The van der Waals surface area contributed by atoms with Crippen LogP contribution in [0.25, 0.3) is 6.08 Å². The molecule has 2 aromatic rings. The van der Waals surface area contributed by atoms with Crippen LogP contribution in [0.1, 0.15) is 26.3 Å². The molecule has 0 bridgehead atoms. The summed E-state index contributed by atoms with van der Waals surface area (Å²) in [6, 6.07) is 2.98. The van der Waals surface area contributed by atoms with Crippen molar-refractivity contribution in [2.24, 2.45) is 5.10 Å². The van der Waals surface area contributed by atoms with Crippen molar-refractivity contribution in [1.29, 1.82) is 0 Å². The van der Waals surface area contributed by atoms with Gasteiger partial charge in [-0.1, -0.05) is 11.6 Å². The predicted octanol–water partition coefficient (Wildman–Crippen LogP) is 5.64. The highest BCUT2D eigenvalue weighted by Crippen LogP contribution is 2.38. The van der Waals surface area contributed by atoms with Crippen molar-refractivity contribution in [1.82, 2.24) is 0 Å². The molecule has 0 saturated heterocycles. The SMILES string of the molecule is CCOc1cc(/C=C2/C(=O)N(c3c(F)c(F)c(F)c(F)c3F)N=C2C)cc(Cl)c1OCC. The molecular weight excluding hydrogens is 459 g/mol. The molecule has 0 aliphatic carbocycles. The zero-order chi connectivity index (χ0) is 23.7. The number of amides is 1. The zero-order valence-corrected chi connectivity index (χ0v) is 17.8. The molecule has 0 spiro atoms. The molecular formula is C21H16ClF5N2O3. The highest BCUT2D eigenvalue weighted by molar-refractivity contribution is 6.33. The molecule has 5 nitrogen and oxygen atoms in total. The summed E-state index contributed by atoms with van der Waals surface area (Å²) in [6.07, 6.45) is 1.30. The Kier molecular flexibility index (Phi) is 6.73. The van der Waals surface area contributed by atoms with Crippen LogP contribution in [0.3, 0.4) is 0 Å². The Morgan fingerprint density at radius 2 is 1.53 bits per heavy atom. The summed E-state index contributed by atoms with van der Waals surface area (Å²) in [7, 11) is 0. The third-order valence-corrected chi connectivity index (χ3v) is 4.67. The van der Waals surface area contributed by atoms with Gasteiger partial charge in [0.2, 0.25) is 5.82 Å². The lowest BCUT2D eigenvalue weighted by molar-refractivity contribution is -0.114. The first-order valence-corrected chi connectivity index (χ1v) is 9.72. The van der Waals surface area contributed by atoms with E-state index < -0.39 is 40.7 Å². The van der Waals surface area contributed by atoms with Crippen molar-refractivity contribution in [3.8, 4) is 11.5 Å². The lowest BCUT2D eigenvalue weighted by Gasteiger charge is -2.15. The van der Waals surface area contributed by atoms with Crippen LogP contribution in [0.2, 0.25) is 5.02 Å². The van der Waals surface area contributed by atoms with E-state index in [2.05, 4.69) is 5.10 Å². The van der Waals surface area contributed by atoms with E-state index in [1.807, 2.05) is 0 Å². The van der Waals surface area contributed by atoms with Gasteiger partial charge in [0.05, 0.1) is 29.5 Å². The molecule has 3 rings (SSSR count). The minimum Gasteiger partial charge on any atom is -0.490 e. The van der Waals surface area contributed by atoms with E-state index in [1.165, 1.54) is 25.1 Å². The first-order valence-electron chi connectivity index (χ1n) is 9.34. The summed E-state index contributed by atoms with van der Waals surface area (Å²) >= 11 is 6.25. The Morgan fingerprint density at radius 3 is 2.09 bits per heavy atom. The van der Waals surface area contributed by atoms with Gasteiger partial charge in [-0.2, -0.15) is 10.1 Å². The van der Waals surface area contributed by atoms with E-state index in [1.54, 1.807) is 13.8 Å². The van der Waals surface area contributed by atoms with Crippen LogP contribution >= 0.6 is 11.6 Å². The molecule has 0 fully saturated rings. The number of rotatable bonds is 6. The second-order valence-corrected chi connectivity index (χ2v) is 6.88. The Labute approximate surface area is 184 Å². The molecule has 0 atom stereocenters.